The van der Waals surface area contributed by atoms with Gasteiger partial charge in [-0.1, -0.05) is 0 Å². The zero-order chi connectivity index (χ0) is 13.5. The molecule has 5 atom stereocenters. The Labute approximate surface area is 108 Å². The van der Waals surface area contributed by atoms with Crippen molar-refractivity contribution < 1.29 is 24.4 Å². The van der Waals surface area contributed by atoms with Crippen LogP contribution in [0.1, 0.15) is 26.2 Å². The smallest absolute Gasteiger partial charge is 0.186 e. The average molecular weight is 263 g/mol. The van der Waals surface area contributed by atoms with E-state index in [-0.39, 0.29) is 6.10 Å². The minimum atomic E-state index is -1.08. The van der Waals surface area contributed by atoms with Crippen molar-refractivity contribution in [2.75, 3.05) is 20.3 Å². The first-order valence-corrected chi connectivity index (χ1v) is 6.48. The molecule has 0 amide bonds. The third-order valence-electron chi connectivity index (χ3n) is 3.18. The van der Waals surface area contributed by atoms with Gasteiger partial charge in [-0.3, -0.25) is 0 Å². The first-order valence-electron chi connectivity index (χ1n) is 6.48. The van der Waals surface area contributed by atoms with Crippen LogP contribution in [0.25, 0.3) is 0 Å². The van der Waals surface area contributed by atoms with Crippen LogP contribution in [-0.4, -0.2) is 61.2 Å². The van der Waals surface area contributed by atoms with Gasteiger partial charge in [0.25, 0.3) is 0 Å². The van der Waals surface area contributed by atoms with Crippen LogP contribution in [0.3, 0.4) is 0 Å². The Morgan fingerprint density at radius 3 is 2.50 bits per heavy atom. The van der Waals surface area contributed by atoms with Gasteiger partial charge in [-0.05, 0) is 32.7 Å². The molecule has 1 aliphatic heterocycles. The van der Waals surface area contributed by atoms with Crippen molar-refractivity contribution in [1.82, 2.24) is 0 Å². The monoisotopic (exact) mass is 263 g/mol. The van der Waals surface area contributed by atoms with E-state index in [0.717, 1.165) is 19.3 Å². The summed E-state index contributed by atoms with van der Waals surface area (Å²) in [6.45, 7) is 2.95. The molecule has 1 heterocycles. The minimum Gasteiger partial charge on any atom is -0.387 e. The highest BCUT2D eigenvalue weighted by Gasteiger charge is 2.43. The molecule has 0 aliphatic carbocycles. The van der Waals surface area contributed by atoms with E-state index in [1.807, 2.05) is 0 Å². The fourth-order valence-electron chi connectivity index (χ4n) is 2.09. The molecular weight excluding hydrogens is 238 g/mol. The molecule has 4 N–H and O–H groups in total. The van der Waals surface area contributed by atoms with Crippen molar-refractivity contribution in [1.29, 1.82) is 0 Å². The van der Waals surface area contributed by atoms with Gasteiger partial charge in [0.1, 0.15) is 18.3 Å². The third-order valence-corrected chi connectivity index (χ3v) is 3.18. The molecule has 1 aliphatic rings. The Morgan fingerprint density at radius 2 is 1.89 bits per heavy atom. The summed E-state index contributed by atoms with van der Waals surface area (Å²) >= 11 is 0. The van der Waals surface area contributed by atoms with E-state index in [9.17, 15) is 10.2 Å². The van der Waals surface area contributed by atoms with Gasteiger partial charge in [-0.25, -0.2) is 0 Å². The van der Waals surface area contributed by atoms with E-state index in [4.69, 9.17) is 19.9 Å². The summed E-state index contributed by atoms with van der Waals surface area (Å²) in [5.74, 6) is 0. The third kappa shape index (κ3) is 4.15. The molecule has 18 heavy (non-hydrogen) atoms. The van der Waals surface area contributed by atoms with Crippen molar-refractivity contribution in [3.05, 3.63) is 0 Å². The second kappa shape index (κ2) is 8.04. The zero-order valence-electron chi connectivity index (χ0n) is 11.1. The highest BCUT2D eigenvalue weighted by atomic mass is 16.7. The van der Waals surface area contributed by atoms with E-state index in [2.05, 4.69) is 0 Å². The molecule has 0 radical (unpaired) electrons. The van der Waals surface area contributed by atoms with Crippen LogP contribution in [0.4, 0.5) is 0 Å². The van der Waals surface area contributed by atoms with Gasteiger partial charge in [0, 0.05) is 13.7 Å². The molecule has 108 valence electrons. The van der Waals surface area contributed by atoms with Gasteiger partial charge in [0.2, 0.25) is 0 Å². The maximum absolute atomic E-state index is 9.87. The Kier molecular flexibility index (Phi) is 7.06. The molecule has 1 saturated heterocycles. The Hall–Kier alpha value is -0.240. The van der Waals surface area contributed by atoms with Gasteiger partial charge in [-0.2, -0.15) is 0 Å². The van der Waals surface area contributed by atoms with Crippen LogP contribution < -0.4 is 5.73 Å². The number of hydrogen-bond acceptors (Lipinski definition) is 6. The predicted octanol–water partition coefficient (Wildman–Crippen LogP) is -0.386. The largest absolute Gasteiger partial charge is 0.387 e. The summed E-state index contributed by atoms with van der Waals surface area (Å²) in [6.07, 6.45) is -0.908. The van der Waals surface area contributed by atoms with E-state index in [0.29, 0.717) is 13.2 Å². The van der Waals surface area contributed by atoms with Gasteiger partial charge in [-0.15, -0.1) is 0 Å². The number of rotatable bonds is 7. The Balaban J connectivity index is 2.33. The first kappa shape index (κ1) is 15.8. The molecule has 6 heteroatoms. The van der Waals surface area contributed by atoms with Crippen LogP contribution in [0.15, 0.2) is 0 Å². The zero-order valence-corrected chi connectivity index (χ0v) is 11.1. The fraction of sp³-hybridized carbons (Fsp3) is 1.00. The molecule has 6 nitrogen and oxygen atoms in total. The molecule has 3 unspecified atom stereocenters. The topological polar surface area (TPSA) is 94.2 Å². The summed E-state index contributed by atoms with van der Waals surface area (Å²) in [7, 11) is 1.48. The van der Waals surface area contributed by atoms with Crippen LogP contribution in [0, 0.1) is 0 Å². The van der Waals surface area contributed by atoms with Crippen molar-refractivity contribution in [2.24, 2.45) is 5.73 Å². The number of methoxy groups -OCH3 is 1. The minimum absolute atomic E-state index is 0.317. The van der Waals surface area contributed by atoms with E-state index in [1.54, 1.807) is 6.92 Å². The fourth-order valence-corrected chi connectivity index (χ4v) is 2.09. The standard InChI is InChI=1S/C12H25NO5/c1-8-11(16-2)9(14)10(15)12(18-8)17-7-5-3-4-6-13/h8-12,14-15H,3-7,13H2,1-2H3/t8?,9?,10?,11-,12+/m0/s1. The molecule has 0 aromatic rings. The van der Waals surface area contributed by atoms with Gasteiger partial charge in [0.15, 0.2) is 6.29 Å². The molecule has 0 saturated carbocycles. The molecule has 1 fully saturated rings. The number of aliphatic hydroxyl groups excluding tert-OH is 2. The molecule has 0 spiro atoms. The van der Waals surface area contributed by atoms with Crippen molar-refractivity contribution in [2.45, 2.75) is 56.9 Å². The predicted molar refractivity (Wildman–Crippen MR) is 66.0 cm³/mol. The van der Waals surface area contributed by atoms with Crippen molar-refractivity contribution >= 4 is 0 Å². The SMILES string of the molecule is CO[C@H]1C(C)O[C@@H](OCCCCCN)C(O)C1O. The molecular formula is C12H25NO5. The lowest BCUT2D eigenvalue weighted by Crippen LogP contribution is -2.58. The second-order valence-electron chi connectivity index (χ2n) is 4.61. The van der Waals surface area contributed by atoms with Crippen LogP contribution in [0.5, 0.6) is 0 Å². The number of ether oxygens (including phenoxy) is 3. The lowest BCUT2D eigenvalue weighted by atomic mass is 10.00. The van der Waals surface area contributed by atoms with Gasteiger partial charge >= 0.3 is 0 Å². The molecule has 0 bridgehead atoms. The molecule has 0 aromatic heterocycles. The highest BCUT2D eigenvalue weighted by Crippen LogP contribution is 2.23. The molecule has 0 aromatic carbocycles. The number of nitrogens with two attached hydrogens (primary N) is 1. The lowest BCUT2D eigenvalue weighted by Gasteiger charge is -2.40. The van der Waals surface area contributed by atoms with Crippen LogP contribution in [-0.2, 0) is 14.2 Å². The maximum atomic E-state index is 9.87. The summed E-state index contributed by atoms with van der Waals surface area (Å²) < 4.78 is 16.0. The second-order valence-corrected chi connectivity index (χ2v) is 4.61. The molecule has 1 rings (SSSR count). The van der Waals surface area contributed by atoms with Gasteiger partial charge < -0.3 is 30.2 Å². The number of aliphatic hydroxyl groups is 2. The van der Waals surface area contributed by atoms with Crippen LogP contribution >= 0.6 is 0 Å². The highest BCUT2D eigenvalue weighted by molar-refractivity contribution is 4.88. The van der Waals surface area contributed by atoms with Crippen molar-refractivity contribution in [3.8, 4) is 0 Å². The normalized spacial score (nSPS) is 36.8. The maximum Gasteiger partial charge on any atom is 0.186 e. The lowest BCUT2D eigenvalue weighted by molar-refractivity contribution is -0.296. The Morgan fingerprint density at radius 1 is 1.17 bits per heavy atom. The van der Waals surface area contributed by atoms with Crippen LogP contribution in [0.2, 0.25) is 0 Å². The van der Waals surface area contributed by atoms with E-state index < -0.39 is 24.6 Å². The number of hydrogen-bond donors (Lipinski definition) is 3. The van der Waals surface area contributed by atoms with Gasteiger partial charge in [0.05, 0.1) is 6.10 Å². The Bertz CT molecular complexity index is 229. The first-order chi connectivity index (χ1) is 8.61. The number of unbranched alkanes of at least 4 members (excludes halogenated alkanes) is 2. The van der Waals surface area contributed by atoms with Crippen molar-refractivity contribution in [3.63, 3.8) is 0 Å². The van der Waals surface area contributed by atoms with E-state index >= 15 is 0 Å². The summed E-state index contributed by atoms with van der Waals surface area (Å²) in [4.78, 5) is 0. The summed E-state index contributed by atoms with van der Waals surface area (Å²) in [5, 5.41) is 19.7. The van der Waals surface area contributed by atoms with E-state index in [1.165, 1.54) is 7.11 Å². The summed E-state index contributed by atoms with van der Waals surface area (Å²) in [6, 6.07) is 0. The average Bonchev–Trinajstić information content (AvgIpc) is 2.35. The summed E-state index contributed by atoms with van der Waals surface area (Å²) in [5.41, 5.74) is 5.39. The quantitative estimate of drug-likeness (QED) is 0.542.